The number of unbranched alkanes of at least 4 members (excludes halogenated alkanes) is 1. The number of para-hydroxylation sites is 4. The minimum atomic E-state index is 0.940. The highest BCUT2D eigenvalue weighted by atomic mass is 16.4. The first-order valence-electron chi connectivity index (χ1n) is 8.47. The molecule has 0 saturated heterocycles. The highest BCUT2D eigenvalue weighted by Crippen LogP contribution is 2.16. The van der Waals surface area contributed by atoms with Gasteiger partial charge in [0.15, 0.2) is 0 Å². The van der Waals surface area contributed by atoms with Crippen molar-refractivity contribution in [1.29, 1.82) is 0 Å². The average molecular weight is 322 g/mol. The molecule has 0 aliphatic heterocycles. The summed E-state index contributed by atoms with van der Waals surface area (Å²) in [5, 5.41) is 0. The predicted octanol–water partition coefficient (Wildman–Crippen LogP) is 3.39. The topological polar surface area (TPSA) is 34.0 Å². The molecule has 4 nitrogen and oxygen atoms in total. The van der Waals surface area contributed by atoms with Crippen molar-refractivity contribution in [1.82, 2.24) is 0 Å². The van der Waals surface area contributed by atoms with Crippen LogP contribution < -0.4 is 9.13 Å². The lowest BCUT2D eigenvalue weighted by Crippen LogP contribution is -2.31. The third-order valence-corrected chi connectivity index (χ3v) is 4.69. The Bertz CT molecular complexity index is 915. The lowest BCUT2D eigenvalue weighted by atomic mass is 10.2. The number of oxazole rings is 2. The Morgan fingerprint density at radius 2 is 1.08 bits per heavy atom. The smallest absolute Gasteiger partial charge is 0.347 e. The lowest BCUT2D eigenvalue weighted by molar-refractivity contribution is -0.659. The molecule has 4 aromatic rings. The van der Waals surface area contributed by atoms with Gasteiger partial charge in [-0.15, -0.1) is 0 Å². The van der Waals surface area contributed by atoms with Gasteiger partial charge < -0.3 is 8.83 Å². The standard InChI is InChI=1S/C20H22N2O2/c1-21-15-9-3-5-11-17(15)23-19(21)13-7-8-14-20-22(2)16-10-4-6-12-18(16)24-20/h3-6,9-12H,7-8,13-14H2,1-2H3/q+2. The molecular formula is C20H22N2O2+2. The molecule has 0 unspecified atom stereocenters. The molecule has 0 bridgehead atoms. The summed E-state index contributed by atoms with van der Waals surface area (Å²) >= 11 is 0. The fourth-order valence-corrected chi connectivity index (χ4v) is 3.29. The fraction of sp³-hybridized carbons (Fsp3) is 0.300. The Hall–Kier alpha value is -2.62. The third-order valence-electron chi connectivity index (χ3n) is 4.69. The van der Waals surface area contributed by atoms with Gasteiger partial charge in [0.2, 0.25) is 11.2 Å². The monoisotopic (exact) mass is 322 g/mol. The van der Waals surface area contributed by atoms with Gasteiger partial charge in [-0.3, -0.25) is 0 Å². The van der Waals surface area contributed by atoms with Gasteiger partial charge in [-0.2, -0.15) is 9.13 Å². The van der Waals surface area contributed by atoms with Gasteiger partial charge in [0, 0.05) is 12.1 Å². The second-order valence-electron chi connectivity index (χ2n) is 6.25. The average Bonchev–Trinajstić information content (AvgIpc) is 3.10. The zero-order valence-electron chi connectivity index (χ0n) is 14.2. The first-order chi connectivity index (χ1) is 11.7. The fourth-order valence-electron chi connectivity index (χ4n) is 3.29. The summed E-state index contributed by atoms with van der Waals surface area (Å²) in [6.45, 7) is 0. The molecule has 0 spiro atoms. The maximum atomic E-state index is 5.96. The van der Waals surface area contributed by atoms with E-state index in [4.69, 9.17) is 8.83 Å². The van der Waals surface area contributed by atoms with Crippen molar-refractivity contribution < 1.29 is 18.0 Å². The molecule has 122 valence electrons. The molecule has 0 aliphatic carbocycles. The van der Waals surface area contributed by atoms with Crippen LogP contribution in [0.3, 0.4) is 0 Å². The van der Waals surface area contributed by atoms with Crippen LogP contribution in [0.4, 0.5) is 0 Å². The number of nitrogens with zero attached hydrogens (tertiary/aromatic N) is 2. The number of fused-ring (bicyclic) bond motifs is 2. The van der Waals surface area contributed by atoms with Gasteiger partial charge in [0.25, 0.3) is 11.0 Å². The second-order valence-corrected chi connectivity index (χ2v) is 6.25. The Morgan fingerprint density at radius 3 is 1.50 bits per heavy atom. The maximum absolute atomic E-state index is 5.96. The number of benzene rings is 2. The molecule has 0 amide bonds. The molecule has 2 aromatic carbocycles. The Kier molecular flexibility index (Phi) is 3.81. The minimum Gasteiger partial charge on any atom is -0.401 e. The second kappa shape index (κ2) is 6.11. The van der Waals surface area contributed by atoms with E-state index in [1.807, 2.05) is 36.4 Å². The number of aryl methyl sites for hydroxylation is 4. The number of rotatable bonds is 5. The normalized spacial score (nSPS) is 11.6. The molecule has 2 heterocycles. The Labute approximate surface area is 140 Å². The molecule has 0 N–H and O–H groups in total. The molecule has 0 atom stereocenters. The van der Waals surface area contributed by atoms with Crippen molar-refractivity contribution in [3.63, 3.8) is 0 Å². The van der Waals surface area contributed by atoms with E-state index in [0.29, 0.717) is 0 Å². The highest BCUT2D eigenvalue weighted by Gasteiger charge is 2.20. The quantitative estimate of drug-likeness (QED) is 0.417. The van der Waals surface area contributed by atoms with Crippen LogP contribution in [-0.2, 0) is 26.9 Å². The zero-order chi connectivity index (χ0) is 16.5. The van der Waals surface area contributed by atoms with Gasteiger partial charge in [-0.05, 0) is 25.0 Å². The van der Waals surface area contributed by atoms with Crippen molar-refractivity contribution in [2.75, 3.05) is 0 Å². The van der Waals surface area contributed by atoms with E-state index in [9.17, 15) is 0 Å². The van der Waals surface area contributed by atoms with Crippen molar-refractivity contribution in [3.8, 4) is 0 Å². The molecule has 4 rings (SSSR count). The van der Waals surface area contributed by atoms with Crippen LogP contribution in [0.2, 0.25) is 0 Å². The van der Waals surface area contributed by atoms with Gasteiger partial charge >= 0.3 is 11.8 Å². The Balaban J connectivity index is 1.41. The summed E-state index contributed by atoms with van der Waals surface area (Å²) < 4.78 is 16.2. The largest absolute Gasteiger partial charge is 0.401 e. The van der Waals surface area contributed by atoms with E-state index < -0.39 is 0 Å². The predicted molar refractivity (Wildman–Crippen MR) is 91.4 cm³/mol. The summed E-state index contributed by atoms with van der Waals surface area (Å²) in [5.74, 6) is 2.07. The van der Waals surface area contributed by atoms with Gasteiger partial charge in [-0.1, -0.05) is 24.3 Å². The van der Waals surface area contributed by atoms with E-state index in [1.165, 1.54) is 0 Å². The van der Waals surface area contributed by atoms with E-state index in [1.54, 1.807) is 0 Å². The van der Waals surface area contributed by atoms with Crippen LogP contribution in [0, 0.1) is 0 Å². The SMILES string of the molecule is C[n+]1c(CCCCc2oc3ccccc3[n+]2C)oc2ccccc21. The zero-order valence-corrected chi connectivity index (χ0v) is 14.2. The van der Waals surface area contributed by atoms with Crippen LogP contribution in [0.1, 0.15) is 24.6 Å². The van der Waals surface area contributed by atoms with Gasteiger partial charge in [0.05, 0.1) is 12.8 Å². The van der Waals surface area contributed by atoms with Gasteiger partial charge in [0.1, 0.15) is 14.1 Å². The first-order valence-corrected chi connectivity index (χ1v) is 8.47. The molecule has 24 heavy (non-hydrogen) atoms. The number of aromatic nitrogens is 2. The van der Waals surface area contributed by atoms with Crippen LogP contribution in [-0.4, -0.2) is 0 Å². The molecule has 0 radical (unpaired) electrons. The van der Waals surface area contributed by atoms with Crippen LogP contribution in [0.15, 0.2) is 57.4 Å². The van der Waals surface area contributed by atoms with E-state index >= 15 is 0 Å². The van der Waals surface area contributed by atoms with Crippen LogP contribution >= 0.6 is 0 Å². The molecule has 0 fully saturated rings. The summed E-state index contributed by atoms with van der Waals surface area (Å²) in [7, 11) is 4.14. The summed E-state index contributed by atoms with van der Waals surface area (Å²) in [4.78, 5) is 0. The van der Waals surface area contributed by atoms with Crippen molar-refractivity contribution in [3.05, 3.63) is 60.3 Å². The van der Waals surface area contributed by atoms with Gasteiger partial charge in [-0.25, -0.2) is 0 Å². The van der Waals surface area contributed by atoms with Crippen molar-refractivity contribution >= 4 is 22.2 Å². The maximum Gasteiger partial charge on any atom is 0.347 e. The summed E-state index contributed by atoms with van der Waals surface area (Å²) in [6.07, 6.45) is 4.03. The molecule has 2 aromatic heterocycles. The number of hydrogen-bond donors (Lipinski definition) is 0. The molecule has 4 heteroatoms. The minimum absolute atomic E-state index is 0.940. The lowest BCUT2D eigenvalue weighted by Gasteiger charge is -1.94. The third kappa shape index (κ3) is 2.58. The Morgan fingerprint density at radius 1 is 0.667 bits per heavy atom. The van der Waals surface area contributed by atoms with Crippen molar-refractivity contribution in [2.24, 2.45) is 14.1 Å². The van der Waals surface area contributed by atoms with Crippen molar-refractivity contribution in [2.45, 2.75) is 25.7 Å². The van der Waals surface area contributed by atoms with Crippen LogP contribution in [0.25, 0.3) is 22.2 Å². The highest BCUT2D eigenvalue weighted by molar-refractivity contribution is 5.68. The van der Waals surface area contributed by atoms with E-state index in [-0.39, 0.29) is 0 Å². The first kappa shape index (κ1) is 14.9. The molecule has 0 aliphatic rings. The summed E-state index contributed by atoms with van der Waals surface area (Å²) in [5.41, 5.74) is 4.21. The van der Waals surface area contributed by atoms with Crippen LogP contribution in [0.5, 0.6) is 0 Å². The molecular weight excluding hydrogens is 300 g/mol. The summed E-state index contributed by atoms with van der Waals surface area (Å²) in [6, 6.07) is 16.3. The number of hydrogen-bond acceptors (Lipinski definition) is 2. The molecule has 0 saturated carbocycles. The van der Waals surface area contributed by atoms with E-state index in [2.05, 4.69) is 35.4 Å². The van der Waals surface area contributed by atoms with E-state index in [0.717, 1.165) is 59.7 Å².